The summed E-state index contributed by atoms with van der Waals surface area (Å²) < 4.78 is 46.4. The van der Waals surface area contributed by atoms with Crippen molar-refractivity contribution in [1.29, 1.82) is 0 Å². The van der Waals surface area contributed by atoms with Crippen molar-refractivity contribution in [3.05, 3.63) is 65.2 Å². The number of hydrogen-bond donors (Lipinski definition) is 1. The van der Waals surface area contributed by atoms with Crippen LogP contribution < -0.4 is 4.74 Å². The molecule has 5 nitrogen and oxygen atoms in total. The highest BCUT2D eigenvalue weighted by Crippen LogP contribution is 2.42. The van der Waals surface area contributed by atoms with Gasteiger partial charge in [0.1, 0.15) is 5.75 Å². The van der Waals surface area contributed by atoms with Gasteiger partial charge in [-0.3, -0.25) is 4.79 Å². The molecular weight excluding hydrogens is 397 g/mol. The predicted molar refractivity (Wildman–Crippen MR) is 106 cm³/mol. The second-order valence-corrected chi connectivity index (χ2v) is 8.21. The van der Waals surface area contributed by atoms with Gasteiger partial charge in [0.2, 0.25) is 0 Å². The van der Waals surface area contributed by atoms with Crippen LogP contribution >= 0.6 is 0 Å². The number of hydrogen-bond acceptors (Lipinski definition) is 4. The van der Waals surface area contributed by atoms with Crippen LogP contribution in [0, 0.1) is 0 Å². The van der Waals surface area contributed by atoms with Gasteiger partial charge in [-0.1, -0.05) is 45.0 Å². The number of benzene rings is 2. The quantitative estimate of drug-likeness (QED) is 0.796. The SMILES string of the molecule is COc1cccc(C2=NN(C(=O)c3ccc(C(C)(C)C)cc3)[C@@](O)(C(F)(F)F)C2)c1. The van der Waals surface area contributed by atoms with E-state index in [0.29, 0.717) is 11.3 Å². The van der Waals surface area contributed by atoms with Crippen LogP contribution in [0.25, 0.3) is 0 Å². The average Bonchev–Trinajstić information content (AvgIpc) is 3.06. The van der Waals surface area contributed by atoms with Crippen LogP contribution in [0.5, 0.6) is 5.75 Å². The van der Waals surface area contributed by atoms with Crippen LogP contribution in [-0.2, 0) is 5.41 Å². The van der Waals surface area contributed by atoms with E-state index in [2.05, 4.69) is 5.10 Å². The Labute approximate surface area is 172 Å². The number of carbonyl (C=O) groups is 1. The van der Waals surface area contributed by atoms with E-state index in [0.717, 1.165) is 5.56 Å². The molecule has 0 saturated carbocycles. The van der Waals surface area contributed by atoms with Crippen molar-refractivity contribution in [2.24, 2.45) is 5.10 Å². The lowest BCUT2D eigenvalue weighted by Gasteiger charge is -2.32. The largest absolute Gasteiger partial charge is 0.497 e. The maximum absolute atomic E-state index is 13.8. The van der Waals surface area contributed by atoms with Crippen molar-refractivity contribution < 1.29 is 27.8 Å². The minimum Gasteiger partial charge on any atom is -0.497 e. The van der Waals surface area contributed by atoms with E-state index >= 15 is 0 Å². The lowest BCUT2D eigenvalue weighted by molar-refractivity contribution is -0.297. The first-order valence-corrected chi connectivity index (χ1v) is 9.33. The van der Waals surface area contributed by atoms with Crippen molar-refractivity contribution in [1.82, 2.24) is 5.01 Å². The number of ether oxygens (including phenoxy) is 1. The number of aliphatic hydroxyl groups is 1. The minimum absolute atomic E-state index is 0.00122. The van der Waals surface area contributed by atoms with Crippen LogP contribution in [-0.4, -0.2) is 40.7 Å². The molecule has 2 aromatic rings. The average molecular weight is 420 g/mol. The lowest BCUT2D eigenvalue weighted by atomic mass is 9.86. The van der Waals surface area contributed by atoms with Gasteiger partial charge < -0.3 is 9.84 Å². The van der Waals surface area contributed by atoms with E-state index in [-0.39, 0.29) is 21.7 Å². The zero-order chi connectivity index (χ0) is 22.3. The third-order valence-electron chi connectivity index (χ3n) is 5.03. The zero-order valence-electron chi connectivity index (χ0n) is 17.1. The Morgan fingerprint density at radius 2 is 1.77 bits per heavy atom. The fraction of sp³-hybridized carbons (Fsp3) is 0.364. The minimum atomic E-state index is -5.10. The molecule has 0 saturated heterocycles. The molecule has 30 heavy (non-hydrogen) atoms. The van der Waals surface area contributed by atoms with Crippen molar-refractivity contribution >= 4 is 11.6 Å². The standard InChI is InChI=1S/C22H23F3N2O3/c1-20(2,3)16-10-8-14(9-11-16)19(28)27-21(29,22(23,24)25)13-18(26-27)15-6-5-7-17(12-15)30-4/h5-12,29H,13H2,1-4H3/t21-/m0/s1. The van der Waals surface area contributed by atoms with Gasteiger partial charge in [0.25, 0.3) is 11.6 Å². The Hall–Kier alpha value is -2.87. The van der Waals surface area contributed by atoms with Crippen LogP contribution in [0.4, 0.5) is 13.2 Å². The highest BCUT2D eigenvalue weighted by molar-refractivity contribution is 6.05. The van der Waals surface area contributed by atoms with E-state index < -0.39 is 24.2 Å². The van der Waals surface area contributed by atoms with Crippen LogP contribution in [0.1, 0.15) is 48.7 Å². The molecule has 1 aliphatic rings. The van der Waals surface area contributed by atoms with Crippen molar-refractivity contribution in [2.45, 2.75) is 44.5 Å². The summed E-state index contributed by atoms with van der Waals surface area (Å²) in [4.78, 5) is 12.9. The Morgan fingerprint density at radius 3 is 2.30 bits per heavy atom. The molecule has 3 rings (SSSR count). The molecule has 0 aliphatic carbocycles. The molecule has 0 unspecified atom stereocenters. The zero-order valence-corrected chi connectivity index (χ0v) is 17.1. The fourth-order valence-corrected chi connectivity index (χ4v) is 3.18. The van der Waals surface area contributed by atoms with E-state index in [1.807, 2.05) is 20.8 Å². The predicted octanol–water partition coefficient (Wildman–Crippen LogP) is 4.49. The Balaban J connectivity index is 2.01. The summed E-state index contributed by atoms with van der Waals surface area (Å²) >= 11 is 0. The van der Waals surface area contributed by atoms with Crippen molar-refractivity contribution in [3.8, 4) is 5.75 Å². The summed E-state index contributed by atoms with van der Waals surface area (Å²) in [5, 5.41) is 14.5. The Kier molecular flexibility index (Phi) is 5.41. The van der Waals surface area contributed by atoms with Gasteiger partial charge in [0.15, 0.2) is 0 Å². The first kappa shape index (κ1) is 21.8. The number of amides is 1. The van der Waals surface area contributed by atoms with Gasteiger partial charge in [0.05, 0.1) is 19.2 Å². The van der Waals surface area contributed by atoms with Crippen molar-refractivity contribution in [2.75, 3.05) is 7.11 Å². The van der Waals surface area contributed by atoms with E-state index in [9.17, 15) is 23.1 Å². The highest BCUT2D eigenvalue weighted by atomic mass is 19.4. The summed E-state index contributed by atoms with van der Waals surface area (Å²) in [6, 6.07) is 12.5. The van der Waals surface area contributed by atoms with Gasteiger partial charge in [0, 0.05) is 11.1 Å². The molecule has 1 amide bonds. The number of methoxy groups -OCH3 is 1. The van der Waals surface area contributed by atoms with Crippen LogP contribution in [0.15, 0.2) is 53.6 Å². The summed E-state index contributed by atoms with van der Waals surface area (Å²) in [6.45, 7) is 5.95. The molecule has 2 aromatic carbocycles. The molecule has 1 atom stereocenters. The molecule has 0 bridgehead atoms. The van der Waals surface area contributed by atoms with Gasteiger partial charge in [-0.15, -0.1) is 0 Å². The number of rotatable bonds is 3. The Bertz CT molecular complexity index is 978. The third-order valence-corrected chi connectivity index (χ3v) is 5.03. The summed E-state index contributed by atoms with van der Waals surface area (Å²) in [6.07, 6.45) is -5.98. The number of hydrazone groups is 1. The first-order chi connectivity index (χ1) is 13.9. The van der Waals surface area contributed by atoms with Crippen molar-refractivity contribution in [3.63, 3.8) is 0 Å². The molecule has 1 N–H and O–H groups in total. The smallest absolute Gasteiger partial charge is 0.438 e. The molecule has 0 spiro atoms. The maximum Gasteiger partial charge on any atom is 0.438 e. The van der Waals surface area contributed by atoms with E-state index in [1.54, 1.807) is 30.3 Å². The molecule has 0 radical (unpaired) electrons. The lowest BCUT2D eigenvalue weighted by Crippen LogP contribution is -2.56. The van der Waals surface area contributed by atoms with Gasteiger partial charge in [-0.2, -0.15) is 23.3 Å². The Morgan fingerprint density at radius 1 is 1.13 bits per heavy atom. The van der Waals surface area contributed by atoms with E-state index in [4.69, 9.17) is 4.74 Å². The summed E-state index contributed by atoms with van der Waals surface area (Å²) in [5.41, 5.74) is -2.43. The van der Waals surface area contributed by atoms with Crippen LogP contribution in [0.2, 0.25) is 0 Å². The van der Waals surface area contributed by atoms with Gasteiger partial charge in [-0.05, 0) is 35.2 Å². The van der Waals surface area contributed by atoms with Gasteiger partial charge >= 0.3 is 6.18 Å². The summed E-state index contributed by atoms with van der Waals surface area (Å²) in [7, 11) is 1.43. The molecule has 160 valence electrons. The number of halogens is 3. The second kappa shape index (κ2) is 7.43. The molecule has 0 aromatic heterocycles. The molecule has 1 aliphatic heterocycles. The third kappa shape index (κ3) is 3.92. The molecule has 1 heterocycles. The summed E-state index contributed by atoms with van der Waals surface area (Å²) in [5.74, 6) is -0.610. The van der Waals surface area contributed by atoms with Crippen LogP contribution in [0.3, 0.4) is 0 Å². The maximum atomic E-state index is 13.8. The second-order valence-electron chi connectivity index (χ2n) is 8.21. The topological polar surface area (TPSA) is 62.1 Å². The highest BCUT2D eigenvalue weighted by Gasteiger charge is 2.63. The molecular formula is C22H23F3N2O3. The molecule has 0 fully saturated rings. The fourth-order valence-electron chi connectivity index (χ4n) is 3.18. The van der Waals surface area contributed by atoms with E-state index in [1.165, 1.54) is 25.3 Å². The monoisotopic (exact) mass is 420 g/mol. The number of alkyl halides is 3. The number of nitrogens with zero attached hydrogens (tertiary/aromatic N) is 2. The van der Waals surface area contributed by atoms with Gasteiger partial charge in [-0.25, -0.2) is 0 Å². The molecule has 8 heteroatoms. The number of carbonyl (C=O) groups excluding carboxylic acids is 1. The normalized spacial score (nSPS) is 19.6. The first-order valence-electron chi connectivity index (χ1n) is 9.33.